The summed E-state index contributed by atoms with van der Waals surface area (Å²) in [6, 6.07) is 15.8. The quantitative estimate of drug-likeness (QED) is 0.321. The molecule has 2 aromatic heterocycles. The molecule has 0 saturated carbocycles. The van der Waals surface area contributed by atoms with Gasteiger partial charge in [-0.25, -0.2) is 9.67 Å². The molecule has 8 nitrogen and oxygen atoms in total. The third-order valence-electron chi connectivity index (χ3n) is 3.93. The van der Waals surface area contributed by atoms with Gasteiger partial charge in [0, 0.05) is 18.0 Å². The zero-order valence-electron chi connectivity index (χ0n) is 12.8. The van der Waals surface area contributed by atoms with Crippen LogP contribution < -0.4 is 0 Å². The van der Waals surface area contributed by atoms with Gasteiger partial charge in [-0.1, -0.05) is 34.6 Å². The van der Waals surface area contributed by atoms with Crippen molar-refractivity contribution in [3.05, 3.63) is 64.8 Å². The fourth-order valence-electron chi connectivity index (χ4n) is 2.85. The van der Waals surface area contributed by atoms with Gasteiger partial charge in [0.25, 0.3) is 0 Å². The molecule has 0 radical (unpaired) electrons. The maximum absolute atomic E-state index is 8.51. The number of imidazole rings is 1. The molecule has 0 unspecified atom stereocenters. The summed E-state index contributed by atoms with van der Waals surface area (Å²) < 4.78 is 3.90. The van der Waals surface area contributed by atoms with Gasteiger partial charge in [-0.05, 0) is 29.8 Å². The van der Waals surface area contributed by atoms with Crippen molar-refractivity contribution in [2.24, 2.45) is 5.11 Å². The summed E-state index contributed by atoms with van der Waals surface area (Å²) in [6.45, 7) is 1.46. The highest BCUT2D eigenvalue weighted by molar-refractivity contribution is 5.76. The number of aromatic nitrogens is 5. The monoisotopic (exact) mass is 318 g/mol. The molecule has 0 spiro atoms. The molecule has 24 heavy (non-hydrogen) atoms. The highest BCUT2D eigenvalue weighted by atomic mass is 15.4. The van der Waals surface area contributed by atoms with E-state index in [1.165, 1.54) is 0 Å². The summed E-state index contributed by atoms with van der Waals surface area (Å²) in [5, 5.41) is 12.1. The molecule has 118 valence electrons. The SMILES string of the molecule is [N-]=[N+]=NCCn1c(Cn2nnc3ccccc32)nc2ccccc21. The van der Waals surface area contributed by atoms with Crippen LogP contribution in [-0.4, -0.2) is 31.1 Å². The summed E-state index contributed by atoms with van der Waals surface area (Å²) in [6.07, 6.45) is 0. The maximum Gasteiger partial charge on any atom is 0.131 e. The van der Waals surface area contributed by atoms with Gasteiger partial charge in [0.2, 0.25) is 0 Å². The summed E-state index contributed by atoms with van der Waals surface area (Å²) in [5.41, 5.74) is 12.3. The first-order valence-corrected chi connectivity index (χ1v) is 7.60. The molecule has 0 aliphatic carbocycles. The Balaban J connectivity index is 1.77. The first kappa shape index (κ1) is 14.2. The minimum absolute atomic E-state index is 0.377. The third-order valence-corrected chi connectivity index (χ3v) is 3.93. The number of nitrogens with zero attached hydrogens (tertiary/aromatic N) is 8. The lowest BCUT2D eigenvalue weighted by Gasteiger charge is -2.08. The molecule has 0 fully saturated rings. The smallest absolute Gasteiger partial charge is 0.131 e. The number of azide groups is 1. The van der Waals surface area contributed by atoms with Crippen LogP contribution in [-0.2, 0) is 13.1 Å². The predicted molar refractivity (Wildman–Crippen MR) is 90.4 cm³/mol. The minimum atomic E-state index is 0.377. The minimum Gasteiger partial charge on any atom is -0.326 e. The van der Waals surface area contributed by atoms with Crippen LogP contribution in [0.3, 0.4) is 0 Å². The second kappa shape index (κ2) is 6.02. The van der Waals surface area contributed by atoms with E-state index in [2.05, 4.69) is 24.9 Å². The Kier molecular flexibility index (Phi) is 3.57. The lowest BCUT2D eigenvalue weighted by molar-refractivity contribution is 0.598. The Labute approximate surface area is 137 Å². The standard InChI is InChI=1S/C16H14N8/c17-21-18-9-10-23-14-7-3-1-5-12(14)19-16(23)11-24-15-8-4-2-6-13(15)20-22-24/h1-8H,9-11H2. The Bertz CT molecular complexity index is 1050. The maximum atomic E-state index is 8.51. The van der Waals surface area contributed by atoms with E-state index < -0.39 is 0 Å². The van der Waals surface area contributed by atoms with E-state index in [-0.39, 0.29) is 0 Å². The molecule has 4 aromatic rings. The number of hydrogen-bond donors (Lipinski definition) is 0. The van der Waals surface area contributed by atoms with Gasteiger partial charge in [-0.2, -0.15) is 0 Å². The first-order valence-electron chi connectivity index (χ1n) is 7.60. The van der Waals surface area contributed by atoms with Crippen molar-refractivity contribution in [3.8, 4) is 0 Å². The number of hydrogen-bond acceptors (Lipinski definition) is 4. The summed E-state index contributed by atoms with van der Waals surface area (Å²) in [4.78, 5) is 7.54. The number of benzene rings is 2. The fourth-order valence-corrected chi connectivity index (χ4v) is 2.85. The van der Waals surface area contributed by atoms with Gasteiger partial charge in [0.1, 0.15) is 17.9 Å². The Morgan fingerprint density at radius 2 is 1.75 bits per heavy atom. The van der Waals surface area contributed by atoms with Crippen LogP contribution >= 0.6 is 0 Å². The number of rotatable bonds is 5. The molecule has 0 N–H and O–H groups in total. The van der Waals surface area contributed by atoms with Crippen molar-refractivity contribution >= 4 is 22.1 Å². The number of fused-ring (bicyclic) bond motifs is 2. The normalized spacial score (nSPS) is 11.0. The van der Waals surface area contributed by atoms with Gasteiger partial charge in [0.05, 0.1) is 16.6 Å². The van der Waals surface area contributed by atoms with Gasteiger partial charge in [-0.3, -0.25) is 0 Å². The van der Waals surface area contributed by atoms with Crippen LogP contribution in [0.5, 0.6) is 0 Å². The molecular weight excluding hydrogens is 304 g/mol. The molecule has 0 amide bonds. The Morgan fingerprint density at radius 1 is 1.00 bits per heavy atom. The van der Waals surface area contributed by atoms with Crippen molar-refractivity contribution in [1.29, 1.82) is 0 Å². The van der Waals surface area contributed by atoms with Crippen molar-refractivity contribution in [2.75, 3.05) is 6.54 Å². The molecule has 0 atom stereocenters. The lowest BCUT2D eigenvalue weighted by Crippen LogP contribution is -2.11. The van der Waals surface area contributed by atoms with E-state index in [9.17, 15) is 0 Å². The number of para-hydroxylation sites is 3. The third kappa shape index (κ3) is 2.45. The molecule has 4 rings (SSSR count). The van der Waals surface area contributed by atoms with E-state index >= 15 is 0 Å². The highest BCUT2D eigenvalue weighted by Crippen LogP contribution is 2.18. The van der Waals surface area contributed by atoms with Crippen LogP contribution in [0, 0.1) is 0 Å². The summed E-state index contributed by atoms with van der Waals surface area (Å²) in [5.74, 6) is 0.861. The van der Waals surface area contributed by atoms with Crippen LogP contribution in [0.25, 0.3) is 32.5 Å². The molecule has 2 heterocycles. The van der Waals surface area contributed by atoms with E-state index in [1.54, 1.807) is 0 Å². The molecule has 8 heteroatoms. The largest absolute Gasteiger partial charge is 0.326 e. The van der Waals surface area contributed by atoms with E-state index in [4.69, 9.17) is 10.5 Å². The van der Waals surface area contributed by atoms with Crippen LogP contribution in [0.2, 0.25) is 0 Å². The average Bonchev–Trinajstić information content (AvgIpc) is 3.18. The lowest BCUT2D eigenvalue weighted by atomic mass is 10.3. The Hall–Kier alpha value is -3.38. The van der Waals surface area contributed by atoms with Crippen molar-refractivity contribution < 1.29 is 0 Å². The topological polar surface area (TPSA) is 97.3 Å². The van der Waals surface area contributed by atoms with Gasteiger partial charge in [0.15, 0.2) is 0 Å². The molecule has 0 aliphatic rings. The van der Waals surface area contributed by atoms with Crippen LogP contribution in [0.1, 0.15) is 5.82 Å². The van der Waals surface area contributed by atoms with E-state index in [0.717, 1.165) is 27.9 Å². The zero-order chi connectivity index (χ0) is 16.4. The first-order chi connectivity index (χ1) is 11.9. The second-order valence-electron chi connectivity index (χ2n) is 5.36. The average molecular weight is 318 g/mol. The van der Waals surface area contributed by atoms with E-state index in [1.807, 2.05) is 53.2 Å². The van der Waals surface area contributed by atoms with Gasteiger partial charge >= 0.3 is 0 Å². The molecule has 0 aliphatic heterocycles. The molecule has 0 bridgehead atoms. The van der Waals surface area contributed by atoms with Crippen molar-refractivity contribution in [3.63, 3.8) is 0 Å². The van der Waals surface area contributed by atoms with Crippen LogP contribution in [0.4, 0.5) is 0 Å². The van der Waals surface area contributed by atoms with Crippen molar-refractivity contribution in [1.82, 2.24) is 24.5 Å². The second-order valence-corrected chi connectivity index (χ2v) is 5.36. The summed E-state index contributed by atoms with van der Waals surface area (Å²) in [7, 11) is 0. The molecular formula is C16H14N8. The molecule has 0 saturated heterocycles. The molecule has 2 aromatic carbocycles. The Morgan fingerprint density at radius 3 is 2.58 bits per heavy atom. The van der Waals surface area contributed by atoms with Crippen molar-refractivity contribution in [2.45, 2.75) is 13.1 Å². The van der Waals surface area contributed by atoms with Crippen LogP contribution in [0.15, 0.2) is 53.6 Å². The predicted octanol–water partition coefficient (Wildman–Crippen LogP) is 3.14. The summed E-state index contributed by atoms with van der Waals surface area (Å²) >= 11 is 0. The zero-order valence-corrected chi connectivity index (χ0v) is 12.8. The van der Waals surface area contributed by atoms with E-state index in [0.29, 0.717) is 19.6 Å². The highest BCUT2D eigenvalue weighted by Gasteiger charge is 2.12. The van der Waals surface area contributed by atoms with Gasteiger partial charge < -0.3 is 4.57 Å². The van der Waals surface area contributed by atoms with Gasteiger partial charge in [-0.15, -0.1) is 5.10 Å². The fraction of sp³-hybridized carbons (Fsp3) is 0.188.